The van der Waals surface area contributed by atoms with Crippen LogP contribution in [0.1, 0.15) is 48.2 Å². The first-order valence-corrected chi connectivity index (χ1v) is 12.5. The smallest absolute Gasteiger partial charge is 0.272 e. The molecule has 1 amide bonds. The van der Waals surface area contributed by atoms with Crippen LogP contribution in [0.4, 0.5) is 0 Å². The molecule has 1 aliphatic rings. The van der Waals surface area contributed by atoms with E-state index in [1.165, 1.54) is 6.42 Å². The van der Waals surface area contributed by atoms with E-state index in [-0.39, 0.29) is 24.2 Å². The van der Waals surface area contributed by atoms with Gasteiger partial charge in [-0.15, -0.1) is 5.10 Å². The Labute approximate surface area is 218 Å². The van der Waals surface area contributed by atoms with Crippen molar-refractivity contribution in [2.24, 2.45) is 7.05 Å². The molecule has 0 saturated heterocycles. The maximum Gasteiger partial charge on any atom is 0.272 e. The van der Waals surface area contributed by atoms with Crippen molar-refractivity contribution >= 4 is 29.1 Å². The third-order valence-corrected chi connectivity index (χ3v) is 7.01. The van der Waals surface area contributed by atoms with Gasteiger partial charge < -0.3 is 10.4 Å². The number of aryl methyl sites for hydroxylation is 1. The van der Waals surface area contributed by atoms with Gasteiger partial charge >= 0.3 is 0 Å². The minimum absolute atomic E-state index is 0.102. The third-order valence-electron chi connectivity index (χ3n) is 6.47. The van der Waals surface area contributed by atoms with Crippen molar-refractivity contribution in [1.82, 2.24) is 35.3 Å². The zero-order valence-corrected chi connectivity index (χ0v) is 21.2. The molecule has 2 aromatic heterocycles. The highest BCUT2D eigenvalue weighted by molar-refractivity contribution is 6.35. The summed E-state index contributed by atoms with van der Waals surface area (Å²) in [6.07, 6.45) is 5.24. The normalized spacial score (nSPS) is 14.2. The number of hydrogen-bond acceptors (Lipinski definition) is 6. The van der Waals surface area contributed by atoms with Gasteiger partial charge in [-0.25, -0.2) is 9.36 Å². The number of hydrogen-bond donors (Lipinski definition) is 2. The van der Waals surface area contributed by atoms with Crippen LogP contribution in [0, 0.1) is 0 Å². The molecular formula is C25H25Cl2N7O2. The van der Waals surface area contributed by atoms with E-state index in [1.807, 2.05) is 24.3 Å². The van der Waals surface area contributed by atoms with Crippen LogP contribution in [0.3, 0.4) is 0 Å². The van der Waals surface area contributed by atoms with E-state index in [4.69, 9.17) is 23.2 Å². The number of aromatic nitrogens is 6. The molecule has 0 atom stereocenters. The summed E-state index contributed by atoms with van der Waals surface area (Å²) in [6.45, 7) is -0.372. The first-order chi connectivity index (χ1) is 17.5. The second kappa shape index (κ2) is 10.4. The number of benzene rings is 2. The Kier molecular flexibility index (Phi) is 7.04. The molecule has 0 aliphatic heterocycles. The van der Waals surface area contributed by atoms with Crippen LogP contribution in [0.25, 0.3) is 28.3 Å². The summed E-state index contributed by atoms with van der Waals surface area (Å²) in [5, 5.41) is 30.6. The molecule has 36 heavy (non-hydrogen) atoms. The first-order valence-electron chi connectivity index (χ1n) is 11.8. The minimum Gasteiger partial charge on any atom is -0.392 e. The SMILES string of the molecule is Cn1nnnc1-c1ccc(-c2c(CO)c(C(=O)NC3CCCCC3)nn2-c2ccc(Cl)cc2Cl)cc1. The number of halogens is 2. The molecule has 1 saturated carbocycles. The van der Waals surface area contributed by atoms with Gasteiger partial charge in [0.2, 0.25) is 0 Å². The molecule has 4 aromatic rings. The predicted octanol–water partition coefficient (Wildman–Crippen LogP) is 4.59. The van der Waals surface area contributed by atoms with Gasteiger partial charge in [0.1, 0.15) is 0 Å². The number of aliphatic hydroxyl groups excluding tert-OH is 1. The fourth-order valence-corrected chi connectivity index (χ4v) is 5.15. The molecule has 9 nitrogen and oxygen atoms in total. The van der Waals surface area contributed by atoms with Crippen LogP contribution in [0.2, 0.25) is 10.0 Å². The molecular weight excluding hydrogens is 501 g/mol. The van der Waals surface area contributed by atoms with Crippen molar-refractivity contribution in [2.45, 2.75) is 44.8 Å². The first kappa shape index (κ1) is 24.4. The summed E-state index contributed by atoms with van der Waals surface area (Å²) in [6, 6.07) is 12.7. The monoisotopic (exact) mass is 525 g/mol. The summed E-state index contributed by atoms with van der Waals surface area (Å²) >= 11 is 12.7. The fourth-order valence-electron chi connectivity index (χ4n) is 4.66. The summed E-state index contributed by atoms with van der Waals surface area (Å²) in [5.74, 6) is 0.309. The third kappa shape index (κ3) is 4.74. The van der Waals surface area contributed by atoms with Gasteiger partial charge in [0.25, 0.3) is 5.91 Å². The zero-order chi connectivity index (χ0) is 25.2. The summed E-state index contributed by atoms with van der Waals surface area (Å²) in [5.41, 5.74) is 3.27. The topological polar surface area (TPSA) is 111 Å². The van der Waals surface area contributed by atoms with Gasteiger partial charge in [-0.05, 0) is 41.5 Å². The lowest BCUT2D eigenvalue weighted by Gasteiger charge is -2.22. The van der Waals surface area contributed by atoms with E-state index in [0.717, 1.165) is 36.8 Å². The second-order valence-electron chi connectivity index (χ2n) is 8.85. The molecule has 0 radical (unpaired) electrons. The number of nitrogens with one attached hydrogen (secondary N) is 1. The van der Waals surface area contributed by atoms with Gasteiger partial charge in [-0.3, -0.25) is 4.79 Å². The Bertz CT molecular complexity index is 1390. The van der Waals surface area contributed by atoms with Crippen LogP contribution in [0.5, 0.6) is 0 Å². The van der Waals surface area contributed by atoms with E-state index in [1.54, 1.807) is 34.6 Å². The summed E-state index contributed by atoms with van der Waals surface area (Å²) in [7, 11) is 1.77. The van der Waals surface area contributed by atoms with Gasteiger partial charge in [0.05, 0.1) is 23.0 Å². The lowest BCUT2D eigenvalue weighted by atomic mass is 9.95. The fraction of sp³-hybridized carbons (Fsp3) is 0.320. The van der Waals surface area contributed by atoms with Crippen molar-refractivity contribution < 1.29 is 9.90 Å². The Morgan fingerprint density at radius 3 is 2.44 bits per heavy atom. The number of rotatable bonds is 6. The largest absolute Gasteiger partial charge is 0.392 e. The number of nitrogens with zero attached hydrogens (tertiary/aromatic N) is 6. The molecule has 1 aliphatic carbocycles. The Balaban J connectivity index is 1.61. The number of tetrazole rings is 1. The van der Waals surface area contributed by atoms with Gasteiger partial charge in [-0.1, -0.05) is 66.7 Å². The van der Waals surface area contributed by atoms with Gasteiger partial charge in [0, 0.05) is 34.8 Å². The lowest BCUT2D eigenvalue weighted by Crippen LogP contribution is -2.36. The quantitative estimate of drug-likeness (QED) is 0.380. The Hall–Kier alpha value is -3.27. The van der Waals surface area contributed by atoms with Crippen molar-refractivity contribution in [3.05, 3.63) is 63.8 Å². The molecule has 11 heteroatoms. The maximum absolute atomic E-state index is 13.3. The van der Waals surface area contributed by atoms with Gasteiger partial charge in [-0.2, -0.15) is 5.10 Å². The van der Waals surface area contributed by atoms with E-state index in [2.05, 4.69) is 25.9 Å². The van der Waals surface area contributed by atoms with E-state index >= 15 is 0 Å². The number of aliphatic hydroxyl groups is 1. The molecule has 2 N–H and O–H groups in total. The molecule has 186 valence electrons. The molecule has 0 spiro atoms. The van der Waals surface area contributed by atoms with Crippen LogP contribution in [-0.2, 0) is 13.7 Å². The highest BCUT2D eigenvalue weighted by Gasteiger charge is 2.27. The molecule has 5 rings (SSSR count). The molecule has 0 unspecified atom stereocenters. The zero-order valence-electron chi connectivity index (χ0n) is 19.7. The van der Waals surface area contributed by atoms with Crippen molar-refractivity contribution in [3.8, 4) is 28.3 Å². The van der Waals surface area contributed by atoms with E-state index < -0.39 is 0 Å². The highest BCUT2D eigenvalue weighted by Crippen LogP contribution is 2.34. The number of carbonyl (C=O) groups is 1. The van der Waals surface area contributed by atoms with E-state index in [0.29, 0.717) is 32.8 Å². The molecule has 2 heterocycles. The van der Waals surface area contributed by atoms with Crippen molar-refractivity contribution in [3.63, 3.8) is 0 Å². The average molecular weight is 526 g/mol. The molecule has 1 fully saturated rings. The van der Waals surface area contributed by atoms with Crippen LogP contribution in [-0.4, -0.2) is 47.0 Å². The molecule has 0 bridgehead atoms. The maximum atomic E-state index is 13.3. The molecule has 2 aromatic carbocycles. The summed E-state index contributed by atoms with van der Waals surface area (Å²) < 4.78 is 3.18. The number of carbonyl (C=O) groups excluding carboxylic acids is 1. The van der Waals surface area contributed by atoms with Crippen LogP contribution in [0.15, 0.2) is 42.5 Å². The summed E-state index contributed by atoms with van der Waals surface area (Å²) in [4.78, 5) is 13.3. The Morgan fingerprint density at radius 1 is 1.08 bits per heavy atom. The standard InChI is InChI=1S/C25H25Cl2N7O2/c1-33-24(29-31-32-33)16-9-7-15(8-10-16)23-19(14-35)22(25(36)28-18-5-3-2-4-6-18)30-34(23)21-12-11-17(26)13-20(21)27/h7-13,18,35H,2-6,14H2,1H3,(H,28,36). The Morgan fingerprint density at radius 2 is 1.81 bits per heavy atom. The second-order valence-corrected chi connectivity index (χ2v) is 9.70. The van der Waals surface area contributed by atoms with Gasteiger partial charge in [0.15, 0.2) is 11.5 Å². The average Bonchev–Trinajstić information content (AvgIpc) is 3.48. The van der Waals surface area contributed by atoms with E-state index in [9.17, 15) is 9.90 Å². The van der Waals surface area contributed by atoms with Crippen LogP contribution < -0.4 is 5.32 Å². The van der Waals surface area contributed by atoms with Crippen molar-refractivity contribution in [2.75, 3.05) is 0 Å². The highest BCUT2D eigenvalue weighted by atomic mass is 35.5. The van der Waals surface area contributed by atoms with Crippen molar-refractivity contribution in [1.29, 1.82) is 0 Å². The minimum atomic E-state index is -0.372. The predicted molar refractivity (Wildman–Crippen MR) is 137 cm³/mol. The number of amides is 1. The lowest BCUT2D eigenvalue weighted by molar-refractivity contribution is 0.0919. The van der Waals surface area contributed by atoms with Crippen LogP contribution >= 0.6 is 23.2 Å².